The molecule has 3 aromatic rings. The fourth-order valence-corrected chi connectivity index (χ4v) is 4.05. The Labute approximate surface area is 174 Å². The lowest BCUT2D eigenvalue weighted by Gasteiger charge is -2.31. The monoisotopic (exact) mass is 404 g/mol. The Morgan fingerprint density at radius 3 is 2.57 bits per heavy atom. The lowest BCUT2D eigenvalue weighted by molar-refractivity contribution is 0.0676. The van der Waals surface area contributed by atoms with Gasteiger partial charge in [-0.3, -0.25) is 24.2 Å². The van der Waals surface area contributed by atoms with Gasteiger partial charge in [0.2, 0.25) is 0 Å². The van der Waals surface area contributed by atoms with E-state index in [1.165, 1.54) is 12.8 Å². The largest absolute Gasteiger partial charge is 0.337 e. The summed E-state index contributed by atoms with van der Waals surface area (Å²) in [6.45, 7) is 2.00. The number of amides is 1. The topological polar surface area (TPSA) is 96.8 Å². The lowest BCUT2D eigenvalue weighted by atomic mass is 9.96. The van der Waals surface area contributed by atoms with E-state index in [1.54, 1.807) is 29.4 Å². The molecular formula is C22H24N6O2. The second-order valence-corrected chi connectivity index (χ2v) is 8.22. The molecule has 1 amide bonds. The molecule has 8 heteroatoms. The van der Waals surface area contributed by atoms with Crippen molar-refractivity contribution in [3.63, 3.8) is 0 Å². The van der Waals surface area contributed by atoms with E-state index < -0.39 is 0 Å². The Bertz CT molecular complexity index is 1090. The van der Waals surface area contributed by atoms with E-state index in [0.29, 0.717) is 42.9 Å². The van der Waals surface area contributed by atoms with Crippen LogP contribution < -0.4 is 5.56 Å². The molecule has 2 aliphatic rings. The van der Waals surface area contributed by atoms with Crippen LogP contribution in [0.1, 0.15) is 47.8 Å². The standard InChI is InChI=1S/C22H24N6O2/c29-21-12-18(17-3-7-23-8-4-17)24-14-28(21)13-15-5-9-27(10-6-15)22(30)20-11-19(25-26-20)16-1-2-16/h3-4,7-8,11-12,14-16H,1-2,5-6,9-10,13H2,(H,25,26). The van der Waals surface area contributed by atoms with E-state index in [9.17, 15) is 9.59 Å². The Balaban J connectivity index is 1.19. The number of nitrogens with one attached hydrogen (secondary N) is 1. The predicted octanol–water partition coefficient (Wildman–Crippen LogP) is 2.46. The molecule has 154 valence electrons. The van der Waals surface area contributed by atoms with Crippen molar-refractivity contribution < 1.29 is 4.79 Å². The summed E-state index contributed by atoms with van der Waals surface area (Å²) in [6, 6.07) is 7.16. The average molecular weight is 404 g/mol. The van der Waals surface area contributed by atoms with Crippen LogP contribution in [-0.2, 0) is 6.54 Å². The van der Waals surface area contributed by atoms with E-state index >= 15 is 0 Å². The van der Waals surface area contributed by atoms with E-state index in [4.69, 9.17) is 0 Å². The summed E-state index contributed by atoms with van der Waals surface area (Å²) in [7, 11) is 0. The van der Waals surface area contributed by atoms with E-state index in [2.05, 4.69) is 20.2 Å². The number of aromatic nitrogens is 5. The number of aromatic amines is 1. The van der Waals surface area contributed by atoms with Gasteiger partial charge < -0.3 is 4.90 Å². The van der Waals surface area contributed by atoms with Crippen LogP contribution >= 0.6 is 0 Å². The number of pyridine rings is 1. The molecular weight excluding hydrogens is 380 g/mol. The van der Waals surface area contributed by atoms with Gasteiger partial charge in [0, 0.05) is 55.3 Å². The van der Waals surface area contributed by atoms with Crippen molar-refractivity contribution in [1.29, 1.82) is 0 Å². The first kappa shape index (κ1) is 18.7. The van der Waals surface area contributed by atoms with Gasteiger partial charge in [-0.05, 0) is 49.8 Å². The number of hydrogen-bond donors (Lipinski definition) is 1. The van der Waals surface area contributed by atoms with Gasteiger partial charge >= 0.3 is 0 Å². The minimum Gasteiger partial charge on any atom is -0.337 e. The number of rotatable bonds is 5. The lowest BCUT2D eigenvalue weighted by Crippen LogP contribution is -2.40. The fraction of sp³-hybridized carbons (Fsp3) is 0.409. The molecule has 0 unspecified atom stereocenters. The van der Waals surface area contributed by atoms with Crippen molar-refractivity contribution in [2.75, 3.05) is 13.1 Å². The second-order valence-electron chi connectivity index (χ2n) is 8.22. The number of likely N-dealkylation sites (tertiary alicyclic amines) is 1. The van der Waals surface area contributed by atoms with Gasteiger partial charge in [0.05, 0.1) is 12.0 Å². The van der Waals surface area contributed by atoms with Crippen molar-refractivity contribution >= 4 is 5.91 Å². The van der Waals surface area contributed by atoms with Gasteiger partial charge in [-0.2, -0.15) is 5.10 Å². The maximum atomic E-state index is 12.7. The maximum Gasteiger partial charge on any atom is 0.274 e. The minimum atomic E-state index is -0.0561. The molecule has 5 rings (SSSR count). The van der Waals surface area contributed by atoms with Crippen LogP contribution in [0.5, 0.6) is 0 Å². The summed E-state index contributed by atoms with van der Waals surface area (Å²) in [5.41, 5.74) is 3.07. The zero-order valence-corrected chi connectivity index (χ0v) is 16.7. The SMILES string of the molecule is O=C(c1cc(C2CC2)[nH]n1)N1CCC(Cn2cnc(-c3ccncc3)cc2=O)CC1. The molecule has 0 atom stereocenters. The summed E-state index contributed by atoms with van der Waals surface area (Å²) < 4.78 is 1.67. The summed E-state index contributed by atoms with van der Waals surface area (Å²) in [5.74, 6) is 0.903. The van der Waals surface area contributed by atoms with Gasteiger partial charge in [0.1, 0.15) is 5.69 Å². The molecule has 0 bridgehead atoms. The number of piperidine rings is 1. The molecule has 0 aromatic carbocycles. The molecule has 1 aliphatic carbocycles. The van der Waals surface area contributed by atoms with Crippen LogP contribution in [0, 0.1) is 5.92 Å². The van der Waals surface area contributed by atoms with Crippen molar-refractivity contribution in [1.82, 2.24) is 29.6 Å². The smallest absolute Gasteiger partial charge is 0.274 e. The van der Waals surface area contributed by atoms with Crippen LogP contribution in [0.3, 0.4) is 0 Å². The highest BCUT2D eigenvalue weighted by atomic mass is 16.2. The number of carbonyl (C=O) groups excluding carboxylic acids is 1. The highest BCUT2D eigenvalue weighted by Gasteiger charge is 2.29. The van der Waals surface area contributed by atoms with E-state index in [0.717, 1.165) is 24.1 Å². The molecule has 0 radical (unpaired) electrons. The number of carbonyl (C=O) groups is 1. The Kier molecular flexibility index (Phi) is 4.90. The van der Waals surface area contributed by atoms with Gasteiger partial charge in [-0.1, -0.05) is 0 Å². The highest BCUT2D eigenvalue weighted by Crippen LogP contribution is 2.39. The third-order valence-electron chi connectivity index (χ3n) is 6.05. The molecule has 1 N–H and O–H groups in total. The summed E-state index contributed by atoms with van der Waals surface area (Å²) >= 11 is 0. The maximum absolute atomic E-state index is 12.7. The van der Waals surface area contributed by atoms with Gasteiger partial charge in [0.15, 0.2) is 0 Å². The molecule has 8 nitrogen and oxygen atoms in total. The number of hydrogen-bond acceptors (Lipinski definition) is 5. The van der Waals surface area contributed by atoms with E-state index in [-0.39, 0.29) is 11.5 Å². The van der Waals surface area contributed by atoms with Crippen LogP contribution in [0.4, 0.5) is 0 Å². The first-order valence-corrected chi connectivity index (χ1v) is 10.5. The first-order chi connectivity index (χ1) is 14.7. The van der Waals surface area contributed by atoms with Crippen molar-refractivity contribution in [2.24, 2.45) is 5.92 Å². The first-order valence-electron chi connectivity index (χ1n) is 10.5. The molecule has 2 fully saturated rings. The van der Waals surface area contributed by atoms with E-state index in [1.807, 2.05) is 23.1 Å². The van der Waals surface area contributed by atoms with Crippen LogP contribution in [-0.4, -0.2) is 48.6 Å². The molecule has 3 aromatic heterocycles. The predicted molar refractivity (Wildman–Crippen MR) is 111 cm³/mol. The molecule has 1 saturated heterocycles. The highest BCUT2D eigenvalue weighted by molar-refractivity contribution is 5.92. The molecule has 1 saturated carbocycles. The second kappa shape index (κ2) is 7.85. The summed E-state index contributed by atoms with van der Waals surface area (Å²) in [6.07, 6.45) is 9.09. The Morgan fingerprint density at radius 1 is 1.10 bits per heavy atom. The van der Waals surface area contributed by atoms with Crippen LogP contribution in [0.25, 0.3) is 11.3 Å². The molecule has 1 aliphatic heterocycles. The van der Waals surface area contributed by atoms with Gasteiger partial charge in [-0.25, -0.2) is 4.98 Å². The third kappa shape index (κ3) is 3.90. The zero-order chi connectivity index (χ0) is 20.5. The molecule has 30 heavy (non-hydrogen) atoms. The third-order valence-corrected chi connectivity index (χ3v) is 6.05. The number of nitrogens with zero attached hydrogens (tertiary/aromatic N) is 5. The zero-order valence-electron chi connectivity index (χ0n) is 16.7. The van der Waals surface area contributed by atoms with Crippen molar-refractivity contribution in [3.05, 3.63) is 64.7 Å². The minimum absolute atomic E-state index is 0.00265. The summed E-state index contributed by atoms with van der Waals surface area (Å²) in [5, 5.41) is 7.22. The van der Waals surface area contributed by atoms with Crippen molar-refractivity contribution in [2.45, 2.75) is 38.1 Å². The summed E-state index contributed by atoms with van der Waals surface area (Å²) in [4.78, 5) is 35.6. The van der Waals surface area contributed by atoms with Gasteiger partial charge in [0.25, 0.3) is 11.5 Å². The normalized spacial score (nSPS) is 17.3. The van der Waals surface area contributed by atoms with Crippen LogP contribution in [0.15, 0.2) is 47.8 Å². The number of H-pyrrole nitrogens is 1. The molecule has 0 spiro atoms. The fourth-order valence-electron chi connectivity index (χ4n) is 4.05. The Hall–Kier alpha value is -3.29. The van der Waals surface area contributed by atoms with Crippen LogP contribution in [0.2, 0.25) is 0 Å². The Morgan fingerprint density at radius 2 is 1.87 bits per heavy atom. The van der Waals surface area contributed by atoms with Crippen molar-refractivity contribution in [3.8, 4) is 11.3 Å². The quantitative estimate of drug-likeness (QED) is 0.705. The van der Waals surface area contributed by atoms with Gasteiger partial charge in [-0.15, -0.1) is 0 Å². The average Bonchev–Trinajstić information content (AvgIpc) is 3.52. The molecule has 4 heterocycles.